The van der Waals surface area contributed by atoms with Gasteiger partial charge < -0.3 is 18.8 Å². The van der Waals surface area contributed by atoms with Gasteiger partial charge in [-0.15, -0.1) is 0 Å². The lowest BCUT2D eigenvalue weighted by atomic mass is 9.85. The van der Waals surface area contributed by atoms with Crippen molar-refractivity contribution in [3.63, 3.8) is 0 Å². The molecule has 0 atom stereocenters. The lowest BCUT2D eigenvalue weighted by Gasteiger charge is -2.32. The topological polar surface area (TPSA) is 36.9 Å². The van der Waals surface area contributed by atoms with Crippen LogP contribution in [0.2, 0.25) is 0 Å². The van der Waals surface area contributed by atoms with Gasteiger partial charge in [-0.25, -0.2) is 4.39 Å². The smallest absolute Gasteiger partial charge is 0.485 e. The molecule has 0 N–H and O–H groups in total. The molecule has 2 heterocycles. The Morgan fingerprint density at radius 1 is 0.955 bits per heavy atom. The molecule has 1 aromatic carbocycles. The number of hydrogen-bond donors (Lipinski definition) is 0. The second-order valence-corrected chi connectivity index (χ2v) is 6.56. The number of rotatable bonds is 1. The van der Waals surface area contributed by atoms with Crippen molar-refractivity contribution in [1.29, 1.82) is 0 Å². The van der Waals surface area contributed by atoms with Crippen LogP contribution in [0.4, 0.5) is 4.39 Å². The molecular formula is C16H20BFO4. The Morgan fingerprint density at radius 2 is 1.41 bits per heavy atom. The lowest BCUT2D eigenvalue weighted by molar-refractivity contribution is 0.00578. The number of para-hydroxylation sites is 2. The standard InChI is InChI=1S/C16H20BFO4/c1-15(2)16(3,4)22-17(21-15)14(18)11-9-19-12-7-5-6-8-13(12)20-10-11/h5-8H,9-10H2,1-4H3. The van der Waals surface area contributed by atoms with Crippen LogP contribution in [0.5, 0.6) is 11.5 Å². The van der Waals surface area contributed by atoms with Gasteiger partial charge in [0, 0.05) is 5.57 Å². The Hall–Kier alpha value is -1.53. The van der Waals surface area contributed by atoms with Crippen LogP contribution >= 0.6 is 0 Å². The molecule has 0 bridgehead atoms. The molecule has 1 saturated heterocycles. The van der Waals surface area contributed by atoms with Crippen LogP contribution in [0.15, 0.2) is 35.6 Å². The Balaban J connectivity index is 1.81. The predicted molar refractivity (Wildman–Crippen MR) is 81.6 cm³/mol. The molecule has 2 aliphatic rings. The average molecular weight is 306 g/mol. The van der Waals surface area contributed by atoms with E-state index in [0.717, 1.165) is 0 Å². The van der Waals surface area contributed by atoms with Crippen molar-refractivity contribution in [2.24, 2.45) is 0 Å². The highest BCUT2D eigenvalue weighted by Gasteiger charge is 2.53. The third-order valence-electron chi connectivity index (χ3n) is 4.45. The average Bonchev–Trinajstić information content (AvgIpc) is 2.63. The number of halogens is 1. The fourth-order valence-electron chi connectivity index (χ4n) is 2.31. The van der Waals surface area contributed by atoms with E-state index in [9.17, 15) is 4.39 Å². The van der Waals surface area contributed by atoms with Crippen LogP contribution in [0.3, 0.4) is 0 Å². The molecule has 4 nitrogen and oxygen atoms in total. The van der Waals surface area contributed by atoms with Crippen molar-refractivity contribution in [3.8, 4) is 11.5 Å². The first-order valence-electron chi connectivity index (χ1n) is 7.38. The predicted octanol–water partition coefficient (Wildman–Crippen LogP) is 3.31. The van der Waals surface area contributed by atoms with E-state index in [1.54, 1.807) is 12.1 Å². The Morgan fingerprint density at radius 3 is 1.86 bits per heavy atom. The Labute approximate surface area is 130 Å². The van der Waals surface area contributed by atoms with Crippen molar-refractivity contribution in [2.45, 2.75) is 38.9 Å². The van der Waals surface area contributed by atoms with Gasteiger partial charge in [0.15, 0.2) is 11.5 Å². The zero-order chi connectivity index (χ0) is 16.0. The monoisotopic (exact) mass is 306 g/mol. The molecule has 118 valence electrons. The van der Waals surface area contributed by atoms with Crippen molar-refractivity contribution >= 4 is 7.12 Å². The highest BCUT2D eigenvalue weighted by atomic mass is 19.1. The minimum Gasteiger partial charge on any atom is -0.485 e. The highest BCUT2D eigenvalue weighted by Crippen LogP contribution is 2.40. The molecular weight excluding hydrogens is 286 g/mol. The molecule has 2 aliphatic heterocycles. The van der Waals surface area contributed by atoms with Crippen molar-refractivity contribution in [1.82, 2.24) is 0 Å². The third-order valence-corrected chi connectivity index (χ3v) is 4.45. The van der Waals surface area contributed by atoms with E-state index in [1.165, 1.54) is 0 Å². The quantitative estimate of drug-likeness (QED) is 0.746. The first-order chi connectivity index (χ1) is 10.3. The van der Waals surface area contributed by atoms with Crippen LogP contribution in [-0.2, 0) is 9.31 Å². The van der Waals surface area contributed by atoms with E-state index >= 15 is 0 Å². The second kappa shape index (κ2) is 5.28. The third kappa shape index (κ3) is 2.61. The van der Waals surface area contributed by atoms with Gasteiger partial charge in [0.2, 0.25) is 0 Å². The van der Waals surface area contributed by atoms with Gasteiger partial charge >= 0.3 is 7.12 Å². The molecule has 0 unspecified atom stereocenters. The van der Waals surface area contributed by atoms with E-state index in [4.69, 9.17) is 18.8 Å². The minimum atomic E-state index is -1.02. The van der Waals surface area contributed by atoms with Crippen molar-refractivity contribution in [2.75, 3.05) is 13.2 Å². The molecule has 0 saturated carbocycles. The van der Waals surface area contributed by atoms with Gasteiger partial charge in [-0.05, 0) is 39.8 Å². The van der Waals surface area contributed by atoms with Gasteiger partial charge in [0.05, 0.1) is 11.2 Å². The highest BCUT2D eigenvalue weighted by molar-refractivity contribution is 6.53. The zero-order valence-corrected chi connectivity index (χ0v) is 13.3. The number of ether oxygens (including phenoxy) is 2. The van der Waals surface area contributed by atoms with E-state index in [0.29, 0.717) is 17.1 Å². The summed E-state index contributed by atoms with van der Waals surface area (Å²) in [5.74, 6) is 1.22. The van der Waals surface area contributed by atoms with Gasteiger partial charge in [0.1, 0.15) is 18.9 Å². The Kier molecular flexibility index (Phi) is 3.69. The molecule has 1 fully saturated rings. The lowest BCUT2D eigenvalue weighted by Crippen LogP contribution is -2.41. The number of fused-ring (bicyclic) bond motifs is 1. The summed E-state index contributed by atoms with van der Waals surface area (Å²) in [5.41, 5.74) is -1.23. The first-order valence-corrected chi connectivity index (χ1v) is 7.38. The molecule has 22 heavy (non-hydrogen) atoms. The van der Waals surface area contributed by atoms with E-state index in [-0.39, 0.29) is 13.2 Å². The van der Waals surface area contributed by atoms with Crippen LogP contribution in [0, 0.1) is 0 Å². The SMILES string of the molecule is CC1(C)OB(C(F)=C2COc3ccccc3OC2)OC1(C)C. The summed E-state index contributed by atoms with van der Waals surface area (Å²) in [6, 6.07) is 7.29. The fraction of sp³-hybridized carbons (Fsp3) is 0.500. The maximum atomic E-state index is 14.8. The molecule has 0 aromatic heterocycles. The Bertz CT molecular complexity index is 567. The molecule has 0 amide bonds. The maximum Gasteiger partial charge on any atom is 0.525 e. The summed E-state index contributed by atoms with van der Waals surface area (Å²) >= 11 is 0. The summed E-state index contributed by atoms with van der Waals surface area (Å²) in [5, 5.41) is 0. The van der Waals surface area contributed by atoms with Crippen LogP contribution in [0.1, 0.15) is 27.7 Å². The van der Waals surface area contributed by atoms with Crippen LogP contribution in [0.25, 0.3) is 0 Å². The molecule has 3 rings (SSSR count). The normalized spacial score (nSPS) is 22.4. The van der Waals surface area contributed by atoms with Gasteiger partial charge in [0.25, 0.3) is 0 Å². The van der Waals surface area contributed by atoms with Crippen LogP contribution < -0.4 is 9.47 Å². The molecule has 0 aliphatic carbocycles. The van der Waals surface area contributed by atoms with Gasteiger partial charge in [-0.3, -0.25) is 0 Å². The fourth-order valence-corrected chi connectivity index (χ4v) is 2.31. The first kappa shape index (κ1) is 15.4. The van der Waals surface area contributed by atoms with E-state index < -0.39 is 24.0 Å². The molecule has 6 heteroatoms. The largest absolute Gasteiger partial charge is 0.525 e. The van der Waals surface area contributed by atoms with E-state index in [2.05, 4.69) is 0 Å². The van der Waals surface area contributed by atoms with E-state index in [1.807, 2.05) is 39.8 Å². The number of benzene rings is 1. The molecule has 1 aromatic rings. The zero-order valence-electron chi connectivity index (χ0n) is 13.3. The summed E-state index contributed by atoms with van der Waals surface area (Å²) in [6.07, 6.45) is 0. The van der Waals surface area contributed by atoms with Crippen molar-refractivity contribution < 1.29 is 23.2 Å². The van der Waals surface area contributed by atoms with Gasteiger partial charge in [-0.2, -0.15) is 0 Å². The second-order valence-electron chi connectivity index (χ2n) is 6.56. The summed E-state index contributed by atoms with van der Waals surface area (Å²) in [4.78, 5) is 0. The van der Waals surface area contributed by atoms with Gasteiger partial charge in [-0.1, -0.05) is 12.1 Å². The number of hydrogen-bond acceptors (Lipinski definition) is 4. The molecule has 0 spiro atoms. The summed E-state index contributed by atoms with van der Waals surface area (Å²) < 4.78 is 37.4. The summed E-state index contributed by atoms with van der Waals surface area (Å²) in [7, 11) is -1.02. The maximum absolute atomic E-state index is 14.8. The molecule has 0 radical (unpaired) electrons. The van der Waals surface area contributed by atoms with Crippen LogP contribution in [-0.4, -0.2) is 31.5 Å². The van der Waals surface area contributed by atoms with Crippen molar-refractivity contribution in [3.05, 3.63) is 35.6 Å². The minimum absolute atomic E-state index is 0.118. The summed E-state index contributed by atoms with van der Waals surface area (Å²) in [6.45, 7) is 7.80.